The molecule has 0 amide bonds. The van der Waals surface area contributed by atoms with Crippen molar-refractivity contribution in [2.24, 2.45) is 22.7 Å². The Bertz CT molecular complexity index is 328. The largest absolute Gasteiger partial charge is 0.389 e. The van der Waals surface area contributed by atoms with E-state index in [-0.39, 0.29) is 6.10 Å². The number of aliphatic hydroxyl groups excluding tert-OH is 1. The summed E-state index contributed by atoms with van der Waals surface area (Å²) in [7, 11) is 0. The van der Waals surface area contributed by atoms with Gasteiger partial charge in [0.1, 0.15) is 0 Å². The van der Waals surface area contributed by atoms with Crippen LogP contribution in [0.25, 0.3) is 0 Å². The lowest BCUT2D eigenvalue weighted by Gasteiger charge is -2.50. The normalized spacial score (nSPS) is 51.5. The molecule has 15 heavy (non-hydrogen) atoms. The van der Waals surface area contributed by atoms with Crippen LogP contribution >= 0.6 is 0 Å². The van der Waals surface area contributed by atoms with E-state index in [1.54, 1.807) is 5.57 Å². The van der Waals surface area contributed by atoms with Gasteiger partial charge in [-0.15, -0.1) is 0 Å². The summed E-state index contributed by atoms with van der Waals surface area (Å²) in [6.45, 7) is 7.10. The third-order valence-electron chi connectivity index (χ3n) is 5.69. The molecule has 2 saturated carbocycles. The Kier molecular flexibility index (Phi) is 1.77. The Hall–Kier alpha value is -0.300. The summed E-state index contributed by atoms with van der Waals surface area (Å²) in [4.78, 5) is 0. The van der Waals surface area contributed by atoms with Crippen LogP contribution in [0.15, 0.2) is 11.6 Å². The smallest absolute Gasteiger partial charge is 0.0729 e. The van der Waals surface area contributed by atoms with E-state index in [0.29, 0.717) is 10.8 Å². The molecule has 4 atom stereocenters. The molecular formula is C14H22O. The summed E-state index contributed by atoms with van der Waals surface area (Å²) in [5.41, 5.74) is 2.36. The highest BCUT2D eigenvalue weighted by Gasteiger charge is 2.60. The van der Waals surface area contributed by atoms with Gasteiger partial charge in [-0.3, -0.25) is 0 Å². The number of fused-ring (bicyclic) bond motifs is 1. The van der Waals surface area contributed by atoms with E-state index in [2.05, 4.69) is 26.8 Å². The lowest BCUT2D eigenvalue weighted by molar-refractivity contribution is 0.0392. The molecular weight excluding hydrogens is 184 g/mol. The molecule has 0 aromatic heterocycles. The first-order valence-electron chi connectivity index (χ1n) is 6.36. The minimum atomic E-state index is -0.192. The summed E-state index contributed by atoms with van der Waals surface area (Å²) in [5, 5.41) is 9.96. The molecule has 3 unspecified atom stereocenters. The summed E-state index contributed by atoms with van der Waals surface area (Å²) in [5.74, 6) is 1.63. The first-order chi connectivity index (χ1) is 6.96. The maximum atomic E-state index is 9.96. The third kappa shape index (κ3) is 1.03. The molecule has 1 nitrogen and oxygen atoms in total. The molecule has 0 heterocycles. The second-order valence-corrected chi connectivity index (χ2v) is 6.65. The van der Waals surface area contributed by atoms with E-state index < -0.39 is 0 Å². The molecule has 0 aromatic rings. The van der Waals surface area contributed by atoms with E-state index in [1.165, 1.54) is 19.3 Å². The van der Waals surface area contributed by atoms with Gasteiger partial charge in [0.2, 0.25) is 0 Å². The Morgan fingerprint density at radius 1 is 1.33 bits per heavy atom. The molecule has 84 valence electrons. The van der Waals surface area contributed by atoms with E-state index >= 15 is 0 Å². The van der Waals surface area contributed by atoms with Gasteiger partial charge >= 0.3 is 0 Å². The molecule has 2 fully saturated rings. The second kappa shape index (κ2) is 2.68. The molecule has 0 aromatic carbocycles. The van der Waals surface area contributed by atoms with Crippen molar-refractivity contribution in [3.63, 3.8) is 0 Å². The van der Waals surface area contributed by atoms with Gasteiger partial charge in [0, 0.05) is 0 Å². The van der Waals surface area contributed by atoms with Crippen LogP contribution in [-0.4, -0.2) is 11.2 Å². The summed E-state index contributed by atoms with van der Waals surface area (Å²) >= 11 is 0. The van der Waals surface area contributed by atoms with Crippen molar-refractivity contribution in [1.29, 1.82) is 0 Å². The fraction of sp³-hybridized carbons (Fsp3) is 0.857. The van der Waals surface area contributed by atoms with Gasteiger partial charge in [0.25, 0.3) is 0 Å². The van der Waals surface area contributed by atoms with Crippen LogP contribution in [0, 0.1) is 22.7 Å². The molecule has 0 saturated heterocycles. The zero-order chi connectivity index (χ0) is 10.8. The molecule has 1 heteroatoms. The van der Waals surface area contributed by atoms with Gasteiger partial charge < -0.3 is 5.11 Å². The molecule has 0 radical (unpaired) electrons. The van der Waals surface area contributed by atoms with Crippen LogP contribution in [-0.2, 0) is 0 Å². The van der Waals surface area contributed by atoms with Crippen molar-refractivity contribution >= 4 is 0 Å². The molecule has 2 bridgehead atoms. The number of hydrogen-bond acceptors (Lipinski definition) is 1. The van der Waals surface area contributed by atoms with Crippen molar-refractivity contribution in [3.8, 4) is 0 Å². The van der Waals surface area contributed by atoms with Gasteiger partial charge in [-0.1, -0.05) is 32.4 Å². The van der Waals surface area contributed by atoms with Crippen molar-refractivity contribution in [1.82, 2.24) is 0 Å². The Labute approximate surface area is 92.6 Å². The van der Waals surface area contributed by atoms with Crippen LogP contribution in [0.5, 0.6) is 0 Å². The SMILES string of the molecule is CC1C2=CC(O)CC(C)(C)[C@]23CCC1C3. The second-order valence-electron chi connectivity index (χ2n) is 6.65. The zero-order valence-corrected chi connectivity index (χ0v) is 10.1. The minimum Gasteiger partial charge on any atom is -0.389 e. The summed E-state index contributed by atoms with van der Waals surface area (Å²) in [6, 6.07) is 0. The predicted molar refractivity (Wildman–Crippen MR) is 61.4 cm³/mol. The van der Waals surface area contributed by atoms with Crippen molar-refractivity contribution in [3.05, 3.63) is 11.6 Å². The average molecular weight is 206 g/mol. The lowest BCUT2D eigenvalue weighted by Crippen LogP contribution is -2.43. The van der Waals surface area contributed by atoms with E-state index in [9.17, 15) is 5.11 Å². The highest BCUT2D eigenvalue weighted by Crippen LogP contribution is 2.69. The van der Waals surface area contributed by atoms with E-state index in [0.717, 1.165) is 18.3 Å². The molecule has 3 rings (SSSR count). The molecule has 1 spiro atoms. The summed E-state index contributed by atoms with van der Waals surface area (Å²) in [6.07, 6.45) is 7.12. The third-order valence-corrected chi connectivity index (χ3v) is 5.69. The Balaban J connectivity index is 2.13. The van der Waals surface area contributed by atoms with Gasteiger partial charge in [-0.25, -0.2) is 0 Å². The van der Waals surface area contributed by atoms with Crippen LogP contribution in [0.2, 0.25) is 0 Å². The maximum absolute atomic E-state index is 9.96. The van der Waals surface area contributed by atoms with Crippen LogP contribution in [0.3, 0.4) is 0 Å². The summed E-state index contributed by atoms with van der Waals surface area (Å²) < 4.78 is 0. The van der Waals surface area contributed by atoms with E-state index in [4.69, 9.17) is 0 Å². The highest BCUT2D eigenvalue weighted by atomic mass is 16.3. The topological polar surface area (TPSA) is 20.2 Å². The number of aliphatic hydroxyl groups is 1. The standard InChI is InChI=1S/C14H22O/c1-9-10-4-5-14(7-10)12(9)6-11(15)8-13(14,2)3/h6,9-11,15H,4-5,7-8H2,1-3H3/t9?,10?,11?,14-/m0/s1. The fourth-order valence-electron chi connectivity index (χ4n) is 4.76. The first-order valence-corrected chi connectivity index (χ1v) is 6.36. The number of rotatable bonds is 0. The fourth-order valence-corrected chi connectivity index (χ4v) is 4.76. The van der Waals surface area contributed by atoms with Gasteiger partial charge in [0.05, 0.1) is 6.10 Å². The average Bonchev–Trinajstić information content (AvgIpc) is 2.64. The van der Waals surface area contributed by atoms with Crippen molar-refractivity contribution < 1.29 is 5.11 Å². The maximum Gasteiger partial charge on any atom is 0.0729 e. The highest BCUT2D eigenvalue weighted by molar-refractivity contribution is 5.34. The zero-order valence-electron chi connectivity index (χ0n) is 10.1. The van der Waals surface area contributed by atoms with E-state index in [1.807, 2.05) is 0 Å². The lowest BCUT2D eigenvalue weighted by atomic mass is 9.55. The van der Waals surface area contributed by atoms with Gasteiger partial charge in [0.15, 0.2) is 0 Å². The van der Waals surface area contributed by atoms with Gasteiger partial charge in [-0.05, 0) is 48.3 Å². The van der Waals surface area contributed by atoms with Crippen molar-refractivity contribution in [2.75, 3.05) is 0 Å². The van der Waals surface area contributed by atoms with Gasteiger partial charge in [-0.2, -0.15) is 0 Å². The van der Waals surface area contributed by atoms with Crippen molar-refractivity contribution in [2.45, 2.75) is 52.6 Å². The van der Waals surface area contributed by atoms with Crippen LogP contribution in [0.4, 0.5) is 0 Å². The molecule has 3 aliphatic carbocycles. The molecule has 0 aliphatic heterocycles. The Morgan fingerprint density at radius 2 is 2.07 bits per heavy atom. The minimum absolute atomic E-state index is 0.192. The first kappa shape index (κ1) is 9.89. The number of allylic oxidation sites excluding steroid dienone is 1. The predicted octanol–water partition coefficient (Wildman–Crippen LogP) is 3.14. The molecule has 1 N–H and O–H groups in total. The monoisotopic (exact) mass is 206 g/mol. The van der Waals surface area contributed by atoms with Crippen LogP contribution in [0.1, 0.15) is 46.5 Å². The Morgan fingerprint density at radius 3 is 2.80 bits per heavy atom. The quantitative estimate of drug-likeness (QED) is 0.604. The molecule has 3 aliphatic rings. The van der Waals surface area contributed by atoms with Crippen LogP contribution < -0.4 is 0 Å². The number of hydrogen-bond donors (Lipinski definition) is 1.